The summed E-state index contributed by atoms with van der Waals surface area (Å²) in [5.41, 5.74) is 1.60. The van der Waals surface area contributed by atoms with Gasteiger partial charge in [0.25, 0.3) is 0 Å². The first-order valence-corrected chi connectivity index (χ1v) is 6.13. The maximum atomic E-state index is 11.0. The zero-order chi connectivity index (χ0) is 13.6. The first-order chi connectivity index (χ1) is 9.08. The lowest BCUT2D eigenvalue weighted by molar-refractivity contribution is -0.137. The van der Waals surface area contributed by atoms with Gasteiger partial charge in [-0.2, -0.15) is 0 Å². The number of nitrogens with one attached hydrogen (secondary N) is 1. The molecule has 2 N–H and O–H groups in total. The zero-order valence-corrected chi connectivity index (χ0v) is 10.9. The summed E-state index contributed by atoms with van der Waals surface area (Å²) in [5.74, 6) is 0.315. The van der Waals surface area contributed by atoms with Gasteiger partial charge in [-0.15, -0.1) is 0 Å². The molecule has 3 rings (SSSR count). The summed E-state index contributed by atoms with van der Waals surface area (Å²) in [6.07, 6.45) is 0.429. The number of carboxylic acids is 1. The van der Waals surface area contributed by atoms with Crippen molar-refractivity contribution in [2.45, 2.75) is 12.5 Å². The van der Waals surface area contributed by atoms with Crippen molar-refractivity contribution in [2.24, 2.45) is 0 Å². The molecule has 0 saturated carbocycles. The Balaban J connectivity index is 2.12. The third-order valence-corrected chi connectivity index (χ3v) is 3.50. The zero-order valence-electron chi connectivity index (χ0n) is 10.1. The second-order valence-corrected chi connectivity index (χ2v) is 4.82. The van der Waals surface area contributed by atoms with Crippen molar-refractivity contribution in [2.75, 3.05) is 12.4 Å². The molecule has 1 aliphatic rings. The largest absolute Gasteiger partial charge is 0.495 e. The molecule has 6 heteroatoms. The summed E-state index contributed by atoms with van der Waals surface area (Å²) in [4.78, 5) is 15.4. The Kier molecular flexibility index (Phi) is 2.71. The summed E-state index contributed by atoms with van der Waals surface area (Å²) in [6, 6.07) is 4.83. The van der Waals surface area contributed by atoms with E-state index in [1.165, 1.54) is 0 Å². The Hall–Kier alpha value is -2.01. The Morgan fingerprint density at radius 2 is 2.32 bits per heavy atom. The van der Waals surface area contributed by atoms with Gasteiger partial charge < -0.3 is 15.2 Å². The smallest absolute Gasteiger partial charge is 0.326 e. The monoisotopic (exact) mass is 278 g/mol. The normalized spacial score (nSPS) is 17.1. The number of carboxylic acid groups (broad SMARTS) is 1. The van der Waals surface area contributed by atoms with E-state index in [0.29, 0.717) is 28.5 Å². The topological polar surface area (TPSA) is 71.5 Å². The predicted octanol–water partition coefficient (Wildman–Crippen LogP) is 2.32. The van der Waals surface area contributed by atoms with E-state index in [2.05, 4.69) is 10.3 Å². The number of ether oxygens (including phenoxy) is 1. The number of anilines is 1. The van der Waals surface area contributed by atoms with Crippen LogP contribution in [0.5, 0.6) is 5.75 Å². The van der Waals surface area contributed by atoms with Gasteiger partial charge in [0.15, 0.2) is 0 Å². The van der Waals surface area contributed by atoms with Crippen LogP contribution < -0.4 is 10.1 Å². The first-order valence-electron chi connectivity index (χ1n) is 5.75. The van der Waals surface area contributed by atoms with E-state index in [4.69, 9.17) is 21.4 Å². The predicted molar refractivity (Wildman–Crippen MR) is 72.1 cm³/mol. The van der Waals surface area contributed by atoms with Crippen molar-refractivity contribution in [1.29, 1.82) is 0 Å². The Morgan fingerprint density at radius 3 is 3.00 bits per heavy atom. The van der Waals surface area contributed by atoms with Crippen LogP contribution in [0.4, 0.5) is 5.82 Å². The lowest BCUT2D eigenvalue weighted by Gasteiger charge is -2.07. The lowest BCUT2D eigenvalue weighted by atomic mass is 10.1. The first kappa shape index (κ1) is 12.0. The van der Waals surface area contributed by atoms with E-state index in [1.807, 2.05) is 6.07 Å². The average Bonchev–Trinajstić information content (AvgIpc) is 2.78. The molecular formula is C13H11ClN2O3. The molecule has 1 atom stereocenters. The van der Waals surface area contributed by atoms with Crippen molar-refractivity contribution in [3.05, 3.63) is 28.8 Å². The van der Waals surface area contributed by atoms with Gasteiger partial charge in [0.1, 0.15) is 17.6 Å². The molecule has 0 radical (unpaired) electrons. The molecule has 0 amide bonds. The average molecular weight is 279 g/mol. The van der Waals surface area contributed by atoms with E-state index in [1.54, 1.807) is 19.2 Å². The minimum atomic E-state index is -0.877. The fraction of sp³-hybridized carbons (Fsp3) is 0.231. The number of carbonyl (C=O) groups is 1. The van der Waals surface area contributed by atoms with E-state index in [9.17, 15) is 4.79 Å². The molecule has 0 spiro atoms. The van der Waals surface area contributed by atoms with Gasteiger partial charge in [-0.05, 0) is 23.8 Å². The van der Waals surface area contributed by atoms with Gasteiger partial charge in [-0.3, -0.25) is 0 Å². The maximum absolute atomic E-state index is 11.0. The molecule has 0 aliphatic carbocycles. The van der Waals surface area contributed by atoms with Crippen molar-refractivity contribution in [3.63, 3.8) is 0 Å². The number of pyridine rings is 1. The second-order valence-electron chi connectivity index (χ2n) is 4.41. The standard InChI is InChI=1S/C13H11ClN2O3/c1-19-11-4-6-2-7-3-10(13(17)18)16-12(7)15-9(6)5-8(11)14/h2,4-5,10H,3H2,1H3,(H,15,16)(H,17,18). The van der Waals surface area contributed by atoms with Crippen LogP contribution in [0.2, 0.25) is 5.02 Å². The summed E-state index contributed by atoms with van der Waals surface area (Å²) >= 11 is 6.05. The molecule has 0 bridgehead atoms. The van der Waals surface area contributed by atoms with Crippen LogP contribution in [-0.4, -0.2) is 29.2 Å². The molecule has 98 valence electrons. The van der Waals surface area contributed by atoms with Crippen LogP contribution in [-0.2, 0) is 11.2 Å². The number of fused-ring (bicyclic) bond motifs is 2. The number of nitrogens with zero attached hydrogens (tertiary/aromatic N) is 1. The highest BCUT2D eigenvalue weighted by Gasteiger charge is 2.27. The highest BCUT2D eigenvalue weighted by atomic mass is 35.5. The lowest BCUT2D eigenvalue weighted by Crippen LogP contribution is -2.26. The molecule has 2 heterocycles. The molecule has 19 heavy (non-hydrogen) atoms. The number of aliphatic carboxylic acids is 1. The van der Waals surface area contributed by atoms with Crippen molar-refractivity contribution < 1.29 is 14.6 Å². The van der Waals surface area contributed by atoms with Crippen LogP contribution in [0.15, 0.2) is 18.2 Å². The highest BCUT2D eigenvalue weighted by molar-refractivity contribution is 6.32. The molecule has 1 aliphatic heterocycles. The number of methoxy groups -OCH3 is 1. The summed E-state index contributed by atoms with van der Waals surface area (Å²) < 4.78 is 5.16. The molecule has 1 aromatic carbocycles. The number of aromatic nitrogens is 1. The fourth-order valence-electron chi connectivity index (χ4n) is 2.24. The third kappa shape index (κ3) is 1.96. The van der Waals surface area contributed by atoms with Crippen molar-refractivity contribution in [1.82, 2.24) is 4.98 Å². The molecular weight excluding hydrogens is 268 g/mol. The maximum Gasteiger partial charge on any atom is 0.326 e. The number of hydrogen-bond donors (Lipinski definition) is 2. The van der Waals surface area contributed by atoms with Gasteiger partial charge >= 0.3 is 5.97 Å². The van der Waals surface area contributed by atoms with Crippen LogP contribution >= 0.6 is 11.6 Å². The highest BCUT2D eigenvalue weighted by Crippen LogP contribution is 2.33. The summed E-state index contributed by atoms with van der Waals surface area (Å²) in [6.45, 7) is 0. The van der Waals surface area contributed by atoms with Gasteiger partial charge in [-0.25, -0.2) is 9.78 Å². The van der Waals surface area contributed by atoms with Gasteiger partial charge in [-0.1, -0.05) is 11.6 Å². The van der Waals surface area contributed by atoms with Gasteiger partial charge in [0.2, 0.25) is 0 Å². The Morgan fingerprint density at radius 1 is 1.53 bits per heavy atom. The number of halogens is 1. The van der Waals surface area contributed by atoms with Crippen LogP contribution in [0, 0.1) is 0 Å². The molecule has 2 aromatic rings. The third-order valence-electron chi connectivity index (χ3n) is 3.20. The van der Waals surface area contributed by atoms with Crippen molar-refractivity contribution in [3.8, 4) is 5.75 Å². The Bertz CT molecular complexity index is 687. The molecule has 1 unspecified atom stereocenters. The number of benzene rings is 1. The molecule has 5 nitrogen and oxygen atoms in total. The van der Waals surface area contributed by atoms with E-state index >= 15 is 0 Å². The van der Waals surface area contributed by atoms with E-state index in [0.717, 1.165) is 10.9 Å². The SMILES string of the molecule is COc1cc2cc3c(nc2cc1Cl)NC(C(=O)O)C3. The van der Waals surface area contributed by atoms with E-state index < -0.39 is 12.0 Å². The quantitative estimate of drug-likeness (QED) is 0.882. The van der Waals surface area contributed by atoms with Crippen molar-refractivity contribution >= 4 is 34.3 Å². The Labute approximate surface area is 114 Å². The van der Waals surface area contributed by atoms with Gasteiger partial charge in [0.05, 0.1) is 17.6 Å². The molecule has 1 aromatic heterocycles. The number of hydrogen-bond acceptors (Lipinski definition) is 4. The second kappa shape index (κ2) is 4.28. The number of rotatable bonds is 2. The minimum absolute atomic E-state index is 0.429. The van der Waals surface area contributed by atoms with E-state index in [-0.39, 0.29) is 0 Å². The van der Waals surface area contributed by atoms with Crippen LogP contribution in [0.25, 0.3) is 10.9 Å². The summed E-state index contributed by atoms with van der Waals surface area (Å²) in [7, 11) is 1.55. The minimum Gasteiger partial charge on any atom is -0.495 e. The summed E-state index contributed by atoms with van der Waals surface area (Å²) in [5, 5.41) is 13.3. The van der Waals surface area contributed by atoms with Crippen LogP contribution in [0.1, 0.15) is 5.56 Å². The fourth-order valence-corrected chi connectivity index (χ4v) is 2.48. The van der Waals surface area contributed by atoms with Gasteiger partial charge in [0, 0.05) is 11.8 Å². The van der Waals surface area contributed by atoms with Crippen LogP contribution in [0.3, 0.4) is 0 Å². The molecule has 0 saturated heterocycles. The molecule has 0 fully saturated rings.